The molecule has 1 fully saturated rings. The number of rotatable bonds is 7. The van der Waals surface area contributed by atoms with E-state index in [-0.39, 0.29) is 46.9 Å². The molecule has 12 heteroatoms. The Morgan fingerprint density at radius 2 is 1.84 bits per heavy atom. The van der Waals surface area contributed by atoms with Gasteiger partial charge in [0, 0.05) is 0 Å². The summed E-state index contributed by atoms with van der Waals surface area (Å²) in [4.78, 5) is 36.2. The number of amides is 3. The van der Waals surface area contributed by atoms with E-state index in [9.17, 15) is 27.4 Å². The zero-order valence-electron chi connectivity index (χ0n) is 17.5. The molecule has 1 aliphatic rings. The number of β-lactam (4-membered cyclic amide) rings is 1. The Labute approximate surface area is 207 Å². The summed E-state index contributed by atoms with van der Waals surface area (Å²) in [6.45, 7) is 1.43. The molecule has 2 aromatic carbocycles. The van der Waals surface area contributed by atoms with Crippen molar-refractivity contribution < 1.29 is 61.6 Å². The molecule has 1 unspecified atom stereocenters. The summed E-state index contributed by atoms with van der Waals surface area (Å²) < 4.78 is 37.9. The number of benzene rings is 2. The van der Waals surface area contributed by atoms with E-state index in [2.05, 4.69) is 10.6 Å². The van der Waals surface area contributed by atoms with Gasteiger partial charge in [-0.05, 0) is 23.6 Å². The minimum absolute atomic E-state index is 0. The molecule has 10 nitrogen and oxygen atoms in total. The van der Waals surface area contributed by atoms with Crippen molar-refractivity contribution in [3.63, 3.8) is 0 Å². The number of para-hydroxylation sites is 1. The van der Waals surface area contributed by atoms with Gasteiger partial charge in [-0.15, -0.1) is 0 Å². The molecule has 0 spiro atoms. The van der Waals surface area contributed by atoms with Crippen LogP contribution in [0.5, 0.6) is 0 Å². The molecule has 3 amide bonds. The molecule has 1 saturated heterocycles. The first-order valence-electron chi connectivity index (χ1n) is 9.28. The van der Waals surface area contributed by atoms with Crippen LogP contribution in [0.1, 0.15) is 16.7 Å². The van der Waals surface area contributed by atoms with E-state index >= 15 is 0 Å². The van der Waals surface area contributed by atoms with Crippen LogP contribution in [-0.4, -0.2) is 47.8 Å². The van der Waals surface area contributed by atoms with Crippen LogP contribution < -0.4 is 40.2 Å². The number of nitrogens with one attached hydrogen (secondary N) is 2. The molecule has 2 aromatic rings. The summed E-state index contributed by atoms with van der Waals surface area (Å²) in [5.74, 6) is -1.54. The molecule has 1 atom stereocenters. The Hall–Kier alpha value is -2.44. The summed E-state index contributed by atoms with van der Waals surface area (Å²) in [5.41, 5.74) is 2.40. The Morgan fingerprint density at radius 1 is 1.16 bits per heavy atom. The molecule has 164 valence electrons. The second kappa shape index (κ2) is 10.9. The number of nitrogens with zero attached hydrogens (tertiary/aromatic N) is 1. The van der Waals surface area contributed by atoms with E-state index in [1.165, 1.54) is 0 Å². The summed E-state index contributed by atoms with van der Waals surface area (Å²) in [6.07, 6.45) is -0.866. The number of anilines is 1. The third-order valence-electron chi connectivity index (χ3n) is 4.65. The van der Waals surface area contributed by atoms with Crippen molar-refractivity contribution in [2.45, 2.75) is 26.0 Å². The maximum atomic E-state index is 12.3. The quantitative estimate of drug-likeness (QED) is 0.273. The van der Waals surface area contributed by atoms with E-state index in [4.69, 9.17) is 4.74 Å². The zero-order valence-corrected chi connectivity index (χ0v) is 20.3. The number of carbonyl (C=O) groups excluding carboxylic acids is 3. The average molecular weight is 469 g/mol. The molecule has 0 aromatic heterocycles. The van der Waals surface area contributed by atoms with E-state index in [1.54, 1.807) is 25.1 Å². The molecule has 2 N–H and O–H groups in total. The topological polar surface area (TPSA) is 145 Å². The van der Waals surface area contributed by atoms with Crippen molar-refractivity contribution in [2.24, 2.45) is 0 Å². The standard InChI is InChI=1S/C20H21N3O7S.Na/c1-13-6-5-9-15(10-17(24)21-16-11-23(19(16)25)31(27,28)29)18(13)22-20(26)30-12-14-7-3-2-4-8-14;/h2-9,16H,10-12H2,1H3,(H,21,24)(H,22,26)(H,27,28,29);/q;+1/p-1. The van der Waals surface area contributed by atoms with Gasteiger partial charge in [0.15, 0.2) is 10.3 Å². The summed E-state index contributed by atoms with van der Waals surface area (Å²) in [7, 11) is -4.87. The van der Waals surface area contributed by atoms with Gasteiger partial charge in [-0.3, -0.25) is 14.9 Å². The van der Waals surface area contributed by atoms with E-state index in [0.29, 0.717) is 16.8 Å². The van der Waals surface area contributed by atoms with E-state index in [0.717, 1.165) is 5.56 Å². The SMILES string of the molecule is Cc1cccc(CC(=O)NC2CN(S(=O)(=O)[O-])C2=O)c1NC(=O)OCc1ccccc1.[Na+]. The van der Waals surface area contributed by atoms with Crippen molar-refractivity contribution in [1.29, 1.82) is 0 Å². The number of ether oxygens (including phenoxy) is 1. The molecule has 1 aliphatic heterocycles. The smallest absolute Gasteiger partial charge is 0.731 e. The molecule has 0 saturated carbocycles. The number of aryl methyl sites for hydroxylation is 1. The maximum absolute atomic E-state index is 12.3. The first-order chi connectivity index (χ1) is 14.6. The van der Waals surface area contributed by atoms with Crippen molar-refractivity contribution in [3.05, 3.63) is 65.2 Å². The van der Waals surface area contributed by atoms with Crippen LogP contribution in [0.2, 0.25) is 0 Å². The van der Waals surface area contributed by atoms with Crippen molar-refractivity contribution in [2.75, 3.05) is 11.9 Å². The van der Waals surface area contributed by atoms with Gasteiger partial charge in [-0.25, -0.2) is 17.5 Å². The van der Waals surface area contributed by atoms with Crippen LogP contribution in [0, 0.1) is 6.92 Å². The molecular weight excluding hydrogens is 449 g/mol. The predicted octanol–water partition coefficient (Wildman–Crippen LogP) is -1.92. The summed E-state index contributed by atoms with van der Waals surface area (Å²) in [6, 6.07) is 13.2. The van der Waals surface area contributed by atoms with Gasteiger partial charge in [0.1, 0.15) is 12.6 Å². The normalized spacial score (nSPS) is 15.2. The van der Waals surface area contributed by atoms with Crippen LogP contribution in [-0.2, 0) is 37.7 Å². The Kier molecular flexibility index (Phi) is 8.81. The van der Waals surface area contributed by atoms with Gasteiger partial charge >= 0.3 is 35.7 Å². The fourth-order valence-corrected chi connectivity index (χ4v) is 3.72. The fourth-order valence-electron chi connectivity index (χ4n) is 3.04. The summed E-state index contributed by atoms with van der Waals surface area (Å²) >= 11 is 0. The monoisotopic (exact) mass is 469 g/mol. The first-order valence-corrected chi connectivity index (χ1v) is 10.6. The van der Waals surface area contributed by atoms with Gasteiger partial charge in [0.05, 0.1) is 18.7 Å². The van der Waals surface area contributed by atoms with Gasteiger partial charge in [-0.1, -0.05) is 48.5 Å². The fraction of sp³-hybridized carbons (Fsp3) is 0.250. The maximum Gasteiger partial charge on any atom is 1.00 e. The minimum atomic E-state index is -4.87. The largest absolute Gasteiger partial charge is 1.00 e. The van der Waals surface area contributed by atoms with Crippen molar-refractivity contribution >= 4 is 33.9 Å². The van der Waals surface area contributed by atoms with Gasteiger partial charge in [-0.2, -0.15) is 0 Å². The van der Waals surface area contributed by atoms with Gasteiger partial charge < -0.3 is 14.6 Å². The second-order valence-electron chi connectivity index (χ2n) is 6.92. The molecule has 0 radical (unpaired) electrons. The van der Waals surface area contributed by atoms with Crippen LogP contribution >= 0.6 is 0 Å². The first kappa shape index (κ1) is 25.8. The molecule has 3 rings (SSSR count). The van der Waals surface area contributed by atoms with E-state index < -0.39 is 40.8 Å². The average Bonchev–Trinajstić information content (AvgIpc) is 2.71. The molecule has 0 bridgehead atoms. The molecule has 32 heavy (non-hydrogen) atoms. The van der Waals surface area contributed by atoms with Gasteiger partial charge in [0.25, 0.3) is 5.91 Å². The van der Waals surface area contributed by atoms with Crippen LogP contribution in [0.3, 0.4) is 0 Å². The van der Waals surface area contributed by atoms with Crippen molar-refractivity contribution in [1.82, 2.24) is 9.62 Å². The van der Waals surface area contributed by atoms with Crippen LogP contribution in [0.25, 0.3) is 0 Å². The zero-order chi connectivity index (χ0) is 22.6. The second-order valence-corrected chi connectivity index (χ2v) is 8.22. The van der Waals surface area contributed by atoms with Gasteiger partial charge in [0.2, 0.25) is 5.91 Å². The third kappa shape index (κ3) is 6.53. The Balaban J connectivity index is 0.00000363. The van der Waals surface area contributed by atoms with Crippen LogP contribution in [0.4, 0.5) is 10.5 Å². The number of carbonyl (C=O) groups is 3. The number of hydrogen-bond acceptors (Lipinski definition) is 7. The number of hydrogen-bond donors (Lipinski definition) is 2. The molecule has 0 aliphatic carbocycles. The predicted molar refractivity (Wildman–Crippen MR) is 108 cm³/mol. The molecular formula is C20H20N3NaO7S. The minimum Gasteiger partial charge on any atom is -0.731 e. The van der Waals surface area contributed by atoms with E-state index in [1.807, 2.05) is 30.3 Å². The van der Waals surface area contributed by atoms with Crippen molar-refractivity contribution in [3.8, 4) is 0 Å². The van der Waals surface area contributed by atoms with Crippen LogP contribution in [0.15, 0.2) is 48.5 Å². The third-order valence-corrected chi connectivity index (χ3v) is 5.52. The Morgan fingerprint density at radius 3 is 2.47 bits per heavy atom. The molecule has 1 heterocycles. The summed E-state index contributed by atoms with van der Waals surface area (Å²) in [5, 5.41) is 5.02. The Bertz CT molecular complexity index is 1110.